The monoisotopic (exact) mass is 574 g/mol. The van der Waals surface area contributed by atoms with E-state index in [4.69, 9.17) is 20.1 Å². The van der Waals surface area contributed by atoms with Gasteiger partial charge in [-0.25, -0.2) is 0 Å². The van der Waals surface area contributed by atoms with Crippen molar-refractivity contribution < 1.29 is 44.7 Å². The molecule has 9 nitrogen and oxygen atoms in total. The molecule has 9 atom stereocenters. The first-order valence-corrected chi connectivity index (χ1v) is 14.6. The van der Waals surface area contributed by atoms with Gasteiger partial charge < -0.3 is 25.5 Å². The molecule has 228 valence electrons. The topological polar surface area (TPSA) is 169 Å². The molecule has 0 aromatic carbocycles. The number of allylic oxidation sites excluding steroid dienone is 6. The van der Waals surface area contributed by atoms with Crippen LogP contribution in [0.1, 0.15) is 72.6 Å². The summed E-state index contributed by atoms with van der Waals surface area (Å²) in [5.74, 6) is -0.587. The highest BCUT2D eigenvalue weighted by atomic mass is 16.4. The van der Waals surface area contributed by atoms with Gasteiger partial charge in [-0.1, -0.05) is 57.2 Å². The van der Waals surface area contributed by atoms with Crippen LogP contribution in [-0.4, -0.2) is 56.0 Å². The van der Waals surface area contributed by atoms with E-state index in [1.165, 1.54) is 0 Å². The van der Waals surface area contributed by atoms with E-state index in [9.17, 15) is 24.6 Å². The Kier molecular flexibility index (Phi) is 9.94. The zero-order valence-electron chi connectivity index (χ0n) is 24.5. The van der Waals surface area contributed by atoms with E-state index in [0.29, 0.717) is 36.5 Å². The average Bonchev–Trinajstić information content (AvgIpc) is 3.70. The van der Waals surface area contributed by atoms with E-state index in [1.54, 1.807) is 0 Å². The van der Waals surface area contributed by atoms with Gasteiger partial charge in [-0.3, -0.25) is 19.2 Å². The average molecular weight is 575 g/mol. The summed E-state index contributed by atoms with van der Waals surface area (Å²) in [6, 6.07) is 0. The normalized spacial score (nSPS) is 37.9. The first-order chi connectivity index (χ1) is 19.1. The van der Waals surface area contributed by atoms with Crippen molar-refractivity contribution in [1.82, 2.24) is 0 Å². The van der Waals surface area contributed by atoms with Crippen LogP contribution in [0.15, 0.2) is 36.5 Å². The summed E-state index contributed by atoms with van der Waals surface area (Å²) in [5, 5.41) is 43.7. The van der Waals surface area contributed by atoms with E-state index < -0.39 is 34.7 Å². The van der Waals surface area contributed by atoms with E-state index in [1.807, 2.05) is 6.08 Å². The van der Waals surface area contributed by atoms with E-state index in [2.05, 4.69) is 51.2 Å². The first-order valence-electron chi connectivity index (χ1n) is 14.6. The molecule has 3 fully saturated rings. The molecule has 0 amide bonds. The Morgan fingerprint density at radius 2 is 1.27 bits per heavy atom. The molecule has 0 heterocycles. The molecule has 41 heavy (non-hydrogen) atoms. The maximum absolute atomic E-state index is 11.5. The van der Waals surface area contributed by atoms with Crippen LogP contribution >= 0.6 is 0 Å². The number of aliphatic hydroxyl groups excluding tert-OH is 1. The van der Waals surface area contributed by atoms with E-state index in [-0.39, 0.29) is 29.8 Å². The third-order valence-corrected chi connectivity index (χ3v) is 10.2. The van der Waals surface area contributed by atoms with Gasteiger partial charge in [0.15, 0.2) is 0 Å². The number of carbonyl (C=O) groups is 4. The molecule has 6 bridgehead atoms. The summed E-state index contributed by atoms with van der Waals surface area (Å²) < 4.78 is 0. The van der Waals surface area contributed by atoms with Gasteiger partial charge in [0.2, 0.25) is 0 Å². The van der Waals surface area contributed by atoms with Gasteiger partial charge in [0.1, 0.15) is 0 Å². The molecule has 0 aromatic rings. The van der Waals surface area contributed by atoms with Crippen LogP contribution in [0.2, 0.25) is 0 Å². The number of carboxylic acid groups (broad SMARTS) is 4. The summed E-state index contributed by atoms with van der Waals surface area (Å²) in [6.45, 7) is 7.21. The summed E-state index contributed by atoms with van der Waals surface area (Å²) in [5.41, 5.74) is -1.33. The van der Waals surface area contributed by atoms with Gasteiger partial charge in [0.05, 0.1) is 16.7 Å². The molecule has 9 unspecified atom stereocenters. The van der Waals surface area contributed by atoms with Crippen molar-refractivity contribution in [3.63, 3.8) is 0 Å². The highest BCUT2D eigenvalue weighted by Gasteiger charge is 2.59. The molecule has 5 N–H and O–H groups in total. The smallest absolute Gasteiger partial charge is 0.310 e. The van der Waals surface area contributed by atoms with Gasteiger partial charge >= 0.3 is 17.9 Å². The van der Waals surface area contributed by atoms with Gasteiger partial charge in [-0.05, 0) is 85.9 Å². The Morgan fingerprint density at radius 1 is 0.732 bits per heavy atom. The molecular formula is C32H46O9. The number of hydrogen-bond donors (Lipinski definition) is 5. The molecule has 6 aliphatic rings. The Balaban J connectivity index is 0.000000160. The lowest BCUT2D eigenvalue weighted by atomic mass is 9.60. The van der Waals surface area contributed by atoms with Crippen molar-refractivity contribution in [2.45, 2.75) is 72.6 Å². The lowest BCUT2D eigenvalue weighted by Gasteiger charge is -2.42. The Morgan fingerprint density at radius 3 is 1.51 bits per heavy atom. The summed E-state index contributed by atoms with van der Waals surface area (Å²) in [6.07, 6.45) is 18.6. The molecule has 9 heteroatoms. The van der Waals surface area contributed by atoms with Crippen LogP contribution in [0, 0.1) is 57.7 Å². The molecule has 0 saturated heterocycles. The first kappa shape index (κ1) is 32.6. The standard InChI is InChI=1S/C12H18O2.C10H14O3.C8H10O2.C2H4O2/c1-11(2,3)12(10(13)14)7-8-4-5-9(12)6-8;11-4-3-10(9(12)13)6-7-1-2-8(10)5-7;9-8(10)7-4-5-1-2-6(7)3-5;1-2(3)4/h4-5,8-9H,6-7H2,1-3H3,(H,13,14);1-2,7-8,11H,3-6H2,(H,12,13);1-2,5-7H,3-4H2,(H,9,10);1H3,(H,3,4). The van der Waals surface area contributed by atoms with Crippen LogP contribution in [-0.2, 0) is 19.2 Å². The second kappa shape index (κ2) is 12.5. The van der Waals surface area contributed by atoms with Crippen LogP contribution < -0.4 is 0 Å². The molecule has 0 aliphatic heterocycles. The van der Waals surface area contributed by atoms with Crippen molar-refractivity contribution in [2.75, 3.05) is 6.61 Å². The second-order valence-electron chi connectivity index (χ2n) is 13.6. The molecule has 6 rings (SSSR count). The zero-order chi connectivity index (χ0) is 30.8. The van der Waals surface area contributed by atoms with Gasteiger partial charge in [-0.15, -0.1) is 0 Å². The molecule has 0 aromatic heterocycles. The zero-order valence-corrected chi connectivity index (χ0v) is 24.5. The SMILES string of the molecule is CC(=O)O.CC(C)(C)C1(C(=O)O)CC2C=CC1C2.O=C(O)C1(CCO)CC2C=CC1C2.O=C(O)C1CC2C=CC1C2. The molecular weight excluding hydrogens is 528 g/mol. The Labute approximate surface area is 242 Å². The minimum absolute atomic E-state index is 0.0244. The third-order valence-electron chi connectivity index (χ3n) is 10.2. The fraction of sp³-hybridized carbons (Fsp3) is 0.688. The molecule has 0 spiro atoms. The van der Waals surface area contributed by atoms with Crippen LogP contribution in [0.25, 0.3) is 0 Å². The number of carboxylic acids is 4. The molecule has 6 aliphatic carbocycles. The number of aliphatic hydroxyl groups is 1. The van der Waals surface area contributed by atoms with E-state index >= 15 is 0 Å². The Hall–Kier alpha value is -2.94. The van der Waals surface area contributed by atoms with Gasteiger partial charge in [0, 0.05) is 13.5 Å². The van der Waals surface area contributed by atoms with Crippen molar-refractivity contribution in [3.05, 3.63) is 36.5 Å². The lowest BCUT2D eigenvalue weighted by molar-refractivity contribution is -0.159. The number of hydrogen-bond acceptors (Lipinski definition) is 5. The highest BCUT2D eigenvalue weighted by Crippen LogP contribution is 2.60. The van der Waals surface area contributed by atoms with E-state index in [0.717, 1.165) is 39.0 Å². The molecule has 3 saturated carbocycles. The maximum Gasteiger partial charge on any atom is 0.310 e. The fourth-order valence-electron chi connectivity index (χ4n) is 8.14. The fourth-order valence-corrected chi connectivity index (χ4v) is 8.14. The van der Waals surface area contributed by atoms with Gasteiger partial charge in [-0.2, -0.15) is 0 Å². The quantitative estimate of drug-likeness (QED) is 0.280. The second-order valence-corrected chi connectivity index (χ2v) is 13.6. The highest BCUT2D eigenvalue weighted by molar-refractivity contribution is 5.78. The summed E-state index contributed by atoms with van der Waals surface area (Å²) in [4.78, 5) is 42.2. The predicted octanol–water partition coefficient (Wildman–Crippen LogP) is 5.11. The minimum Gasteiger partial charge on any atom is -0.481 e. The van der Waals surface area contributed by atoms with Crippen molar-refractivity contribution in [3.8, 4) is 0 Å². The lowest BCUT2D eigenvalue weighted by Crippen LogP contribution is -2.46. The number of rotatable bonds is 5. The van der Waals surface area contributed by atoms with Crippen LogP contribution in [0.3, 0.4) is 0 Å². The van der Waals surface area contributed by atoms with Crippen molar-refractivity contribution >= 4 is 23.9 Å². The van der Waals surface area contributed by atoms with Crippen molar-refractivity contribution in [2.24, 2.45) is 57.7 Å². The summed E-state index contributed by atoms with van der Waals surface area (Å²) in [7, 11) is 0. The largest absolute Gasteiger partial charge is 0.481 e. The van der Waals surface area contributed by atoms with Crippen LogP contribution in [0.5, 0.6) is 0 Å². The van der Waals surface area contributed by atoms with Crippen LogP contribution in [0.4, 0.5) is 0 Å². The predicted molar refractivity (Wildman–Crippen MR) is 152 cm³/mol. The third kappa shape index (κ3) is 6.60. The van der Waals surface area contributed by atoms with Crippen molar-refractivity contribution in [1.29, 1.82) is 0 Å². The molecule has 0 radical (unpaired) electrons. The summed E-state index contributed by atoms with van der Waals surface area (Å²) >= 11 is 0. The number of aliphatic carboxylic acids is 4. The maximum atomic E-state index is 11.5. The number of fused-ring (bicyclic) bond motifs is 6. The Bertz CT molecular complexity index is 1090. The van der Waals surface area contributed by atoms with Gasteiger partial charge in [0.25, 0.3) is 5.97 Å². The minimum atomic E-state index is -0.833.